The Morgan fingerprint density at radius 2 is 1.69 bits per heavy atom. The third-order valence-electron chi connectivity index (χ3n) is 4.94. The number of rotatable bonds is 4. The third kappa shape index (κ3) is 3.69. The number of phenols is 1. The first-order valence-electron chi connectivity index (χ1n) is 8.40. The second-order valence-corrected chi connectivity index (χ2v) is 6.67. The van der Waals surface area contributed by atoms with E-state index in [1.807, 2.05) is 6.07 Å². The van der Waals surface area contributed by atoms with E-state index in [9.17, 15) is 23.1 Å². The molecule has 0 radical (unpaired) electrons. The van der Waals surface area contributed by atoms with Crippen LogP contribution in [-0.2, 0) is 21.6 Å². The first kappa shape index (κ1) is 18.3. The predicted molar refractivity (Wildman–Crippen MR) is 89.4 cm³/mol. The Labute approximate surface area is 149 Å². The molecule has 1 aliphatic carbocycles. The summed E-state index contributed by atoms with van der Waals surface area (Å²) in [7, 11) is 0. The normalized spacial score (nSPS) is 18.3. The summed E-state index contributed by atoms with van der Waals surface area (Å²) in [5.41, 5.74) is -0.319. The fraction of sp³-hybridized carbons (Fsp3) is 0.350. The summed E-state index contributed by atoms with van der Waals surface area (Å²) in [6.45, 7) is 0.0123. The number of hydrogen-bond acceptors (Lipinski definition) is 3. The topological polar surface area (TPSA) is 46.5 Å². The average molecular weight is 364 g/mol. The molecule has 0 aliphatic heterocycles. The van der Waals surface area contributed by atoms with Gasteiger partial charge < -0.3 is 9.84 Å². The lowest BCUT2D eigenvalue weighted by Crippen LogP contribution is -2.43. The summed E-state index contributed by atoms with van der Waals surface area (Å²) >= 11 is 0. The molecular formula is C20H19F3O3. The van der Waals surface area contributed by atoms with Crippen LogP contribution >= 0.6 is 0 Å². The van der Waals surface area contributed by atoms with Crippen LogP contribution in [0.5, 0.6) is 5.75 Å². The van der Waals surface area contributed by atoms with E-state index < -0.39 is 41.7 Å². The van der Waals surface area contributed by atoms with E-state index in [0.29, 0.717) is 0 Å². The second kappa shape index (κ2) is 7.02. The number of carbonyl (C=O) groups excluding carboxylic acids is 1. The fourth-order valence-electron chi connectivity index (χ4n) is 3.32. The van der Waals surface area contributed by atoms with Crippen molar-refractivity contribution in [1.29, 1.82) is 0 Å². The van der Waals surface area contributed by atoms with Gasteiger partial charge in [-0.2, -0.15) is 0 Å². The third-order valence-corrected chi connectivity index (χ3v) is 4.94. The van der Waals surface area contributed by atoms with Crippen molar-refractivity contribution in [2.45, 2.75) is 43.6 Å². The molecule has 26 heavy (non-hydrogen) atoms. The summed E-state index contributed by atoms with van der Waals surface area (Å²) in [6, 6.07) is 12.6. The van der Waals surface area contributed by atoms with Crippen LogP contribution < -0.4 is 0 Å². The largest absolute Gasteiger partial charge is 0.505 e. The van der Waals surface area contributed by atoms with Crippen molar-refractivity contribution in [1.82, 2.24) is 0 Å². The predicted octanol–water partition coefficient (Wildman–Crippen LogP) is 4.72. The molecule has 0 saturated heterocycles. The molecule has 0 amide bonds. The molecule has 0 spiro atoms. The number of esters is 1. The smallest absolute Gasteiger partial charge is 0.316 e. The Morgan fingerprint density at radius 1 is 1.04 bits per heavy atom. The lowest BCUT2D eigenvalue weighted by molar-refractivity contribution is -0.157. The van der Waals surface area contributed by atoms with Gasteiger partial charge in [-0.25, -0.2) is 13.2 Å². The van der Waals surface area contributed by atoms with Crippen molar-refractivity contribution in [3.63, 3.8) is 0 Å². The van der Waals surface area contributed by atoms with Gasteiger partial charge in [0, 0.05) is 12.8 Å². The van der Waals surface area contributed by atoms with Gasteiger partial charge in [0.1, 0.15) is 6.61 Å². The Bertz CT molecular complexity index is 780. The van der Waals surface area contributed by atoms with E-state index in [1.54, 1.807) is 24.3 Å². The van der Waals surface area contributed by atoms with Gasteiger partial charge >= 0.3 is 5.97 Å². The van der Waals surface area contributed by atoms with Crippen LogP contribution in [0.3, 0.4) is 0 Å². The van der Waals surface area contributed by atoms with Gasteiger partial charge in [-0.15, -0.1) is 0 Å². The van der Waals surface area contributed by atoms with Crippen LogP contribution in [0.2, 0.25) is 0 Å². The number of aromatic hydroxyl groups is 1. The number of halogens is 3. The first-order chi connectivity index (χ1) is 12.3. The van der Waals surface area contributed by atoms with E-state index >= 15 is 0 Å². The molecule has 1 aliphatic rings. The molecule has 0 aromatic heterocycles. The number of ether oxygens (including phenoxy) is 1. The molecule has 0 bridgehead atoms. The van der Waals surface area contributed by atoms with Crippen LogP contribution in [0.15, 0.2) is 48.5 Å². The quantitative estimate of drug-likeness (QED) is 0.799. The van der Waals surface area contributed by atoms with E-state index in [4.69, 9.17) is 4.74 Å². The van der Waals surface area contributed by atoms with Gasteiger partial charge in [0.25, 0.3) is 0 Å². The van der Waals surface area contributed by atoms with Crippen molar-refractivity contribution >= 4 is 5.97 Å². The minimum atomic E-state index is -2.85. The van der Waals surface area contributed by atoms with Crippen LogP contribution in [0.1, 0.15) is 36.8 Å². The Balaban J connectivity index is 1.87. The van der Waals surface area contributed by atoms with Gasteiger partial charge in [-0.05, 0) is 36.1 Å². The lowest BCUT2D eigenvalue weighted by atomic mass is 9.68. The Hall–Kier alpha value is -2.50. The summed E-state index contributed by atoms with van der Waals surface area (Å²) < 4.78 is 46.5. The molecule has 3 rings (SSSR count). The zero-order valence-corrected chi connectivity index (χ0v) is 14.1. The first-order valence-corrected chi connectivity index (χ1v) is 8.40. The number of hydrogen-bond donors (Lipinski definition) is 1. The molecule has 3 nitrogen and oxygen atoms in total. The molecule has 0 unspecified atom stereocenters. The summed E-state index contributed by atoms with van der Waals surface area (Å²) in [5, 5.41) is 9.39. The molecule has 2 aromatic rings. The van der Waals surface area contributed by atoms with Crippen molar-refractivity contribution in [2.75, 3.05) is 0 Å². The van der Waals surface area contributed by atoms with Crippen molar-refractivity contribution < 1.29 is 27.8 Å². The molecule has 2 aromatic carbocycles. The standard InChI is InChI=1S/C20H19F3O3/c21-16-12-15(6-7-17(16)24)19(8-10-20(22,23)11-9-19)18(25)26-13-14-4-2-1-3-5-14/h1-7,12,24H,8-11,13H2. The van der Waals surface area contributed by atoms with Crippen molar-refractivity contribution in [3.8, 4) is 5.75 Å². The minimum absolute atomic E-state index is 0.0123. The summed E-state index contributed by atoms with van der Waals surface area (Å²) in [6.07, 6.45) is -1.23. The second-order valence-electron chi connectivity index (χ2n) is 6.67. The highest BCUT2D eigenvalue weighted by molar-refractivity contribution is 5.83. The number of carbonyl (C=O) groups is 1. The van der Waals surface area contributed by atoms with E-state index in [1.165, 1.54) is 6.07 Å². The maximum Gasteiger partial charge on any atom is 0.316 e. The van der Waals surface area contributed by atoms with E-state index in [-0.39, 0.29) is 25.0 Å². The molecule has 6 heteroatoms. The molecule has 138 valence electrons. The van der Waals surface area contributed by atoms with Gasteiger partial charge in [0.2, 0.25) is 5.92 Å². The molecule has 1 fully saturated rings. The number of alkyl halides is 2. The summed E-state index contributed by atoms with van der Waals surface area (Å²) in [4.78, 5) is 12.8. The highest BCUT2D eigenvalue weighted by Crippen LogP contribution is 2.46. The van der Waals surface area contributed by atoms with E-state index in [2.05, 4.69) is 0 Å². The van der Waals surface area contributed by atoms with Crippen molar-refractivity contribution in [3.05, 3.63) is 65.5 Å². The molecule has 1 saturated carbocycles. The Morgan fingerprint density at radius 3 is 2.31 bits per heavy atom. The zero-order valence-electron chi connectivity index (χ0n) is 14.1. The van der Waals surface area contributed by atoms with Crippen molar-refractivity contribution in [2.24, 2.45) is 0 Å². The van der Waals surface area contributed by atoms with Crippen LogP contribution in [0.4, 0.5) is 13.2 Å². The molecule has 1 N–H and O–H groups in total. The van der Waals surface area contributed by atoms with Gasteiger partial charge in [-0.1, -0.05) is 36.4 Å². The molecule has 0 heterocycles. The van der Waals surface area contributed by atoms with Crippen LogP contribution in [0.25, 0.3) is 0 Å². The number of benzene rings is 2. The average Bonchev–Trinajstić information content (AvgIpc) is 2.63. The molecule has 0 atom stereocenters. The maximum atomic E-state index is 13.8. The number of phenolic OH excluding ortho intramolecular Hbond substituents is 1. The summed E-state index contributed by atoms with van der Waals surface area (Å²) in [5.74, 6) is -4.95. The van der Waals surface area contributed by atoms with Crippen LogP contribution in [-0.4, -0.2) is 17.0 Å². The van der Waals surface area contributed by atoms with E-state index in [0.717, 1.165) is 17.7 Å². The molecular weight excluding hydrogens is 345 g/mol. The van der Waals surface area contributed by atoms with Crippen LogP contribution in [0, 0.1) is 5.82 Å². The fourth-order valence-corrected chi connectivity index (χ4v) is 3.32. The van der Waals surface area contributed by atoms with Gasteiger partial charge in [0.15, 0.2) is 11.6 Å². The maximum absolute atomic E-state index is 13.8. The van der Waals surface area contributed by atoms with Gasteiger partial charge in [0.05, 0.1) is 5.41 Å². The van der Waals surface area contributed by atoms with Gasteiger partial charge in [-0.3, -0.25) is 4.79 Å². The zero-order chi connectivity index (χ0) is 18.8. The highest BCUT2D eigenvalue weighted by atomic mass is 19.3. The highest BCUT2D eigenvalue weighted by Gasteiger charge is 2.50. The monoisotopic (exact) mass is 364 g/mol. The SMILES string of the molecule is O=C(OCc1ccccc1)C1(c2ccc(O)c(F)c2)CCC(F)(F)CC1. The minimum Gasteiger partial charge on any atom is -0.505 e. The lowest BCUT2D eigenvalue weighted by Gasteiger charge is -2.38. The Kier molecular flexibility index (Phi) is 4.94.